The number of hydrogen-bond acceptors (Lipinski definition) is 3. The van der Waals surface area contributed by atoms with Crippen molar-refractivity contribution in [2.75, 3.05) is 20.2 Å². The highest BCUT2D eigenvalue weighted by molar-refractivity contribution is 5.78. The Balaban J connectivity index is 2.26. The highest BCUT2D eigenvalue weighted by Gasteiger charge is 2.20. The zero-order chi connectivity index (χ0) is 14.3. The van der Waals surface area contributed by atoms with Crippen molar-refractivity contribution >= 4 is 5.96 Å². The Bertz CT molecular complexity index is 349. The van der Waals surface area contributed by atoms with Crippen LogP contribution in [-0.4, -0.2) is 43.1 Å². The fourth-order valence-electron chi connectivity index (χ4n) is 1.97. The molecule has 1 heterocycles. The van der Waals surface area contributed by atoms with Gasteiger partial charge < -0.3 is 20.7 Å². The molecular weight excluding hydrogens is 240 g/mol. The first-order valence-electron chi connectivity index (χ1n) is 6.77. The van der Waals surface area contributed by atoms with E-state index in [9.17, 15) is 0 Å². The number of nitrogens with one attached hydrogen (secondary N) is 1. The summed E-state index contributed by atoms with van der Waals surface area (Å²) in [6, 6.07) is 0.774. The first kappa shape index (κ1) is 15.6. The molecule has 108 valence electrons. The van der Waals surface area contributed by atoms with Gasteiger partial charge in [-0.2, -0.15) is 0 Å². The van der Waals surface area contributed by atoms with Gasteiger partial charge >= 0.3 is 0 Å². The van der Waals surface area contributed by atoms with E-state index in [1.165, 1.54) is 12.8 Å². The fourth-order valence-corrected chi connectivity index (χ4v) is 1.97. The van der Waals surface area contributed by atoms with Crippen LogP contribution in [0.15, 0.2) is 29.6 Å². The monoisotopic (exact) mass is 266 g/mol. The smallest absolute Gasteiger partial charge is 0.193 e. The summed E-state index contributed by atoms with van der Waals surface area (Å²) in [4.78, 5) is 6.37. The van der Waals surface area contributed by atoms with Gasteiger partial charge in [0, 0.05) is 18.3 Å². The van der Waals surface area contributed by atoms with Gasteiger partial charge in [-0.3, -0.25) is 0 Å². The summed E-state index contributed by atoms with van der Waals surface area (Å²) in [5.74, 6) is 1.01. The topological polar surface area (TPSA) is 62.9 Å². The second-order valence-corrected chi connectivity index (χ2v) is 5.18. The van der Waals surface area contributed by atoms with Gasteiger partial charge in [0.15, 0.2) is 5.96 Å². The number of nitrogens with two attached hydrogens (primary N) is 1. The lowest BCUT2D eigenvalue weighted by molar-refractivity contribution is 0.147. The van der Waals surface area contributed by atoms with Crippen molar-refractivity contribution in [2.45, 2.75) is 38.8 Å². The van der Waals surface area contributed by atoms with Crippen molar-refractivity contribution in [3.05, 3.63) is 24.6 Å². The number of likely N-dealkylation sites (tertiary alicyclic amines) is 1. The lowest BCUT2D eigenvalue weighted by atomic mass is 10.2. The van der Waals surface area contributed by atoms with E-state index in [-0.39, 0.29) is 6.04 Å². The number of nitrogens with zero attached hydrogens (tertiary/aromatic N) is 2. The summed E-state index contributed by atoms with van der Waals surface area (Å²) in [6.07, 6.45) is 5.76. The molecule has 1 aliphatic heterocycles. The summed E-state index contributed by atoms with van der Waals surface area (Å²) in [6.45, 7) is 9.69. The maximum Gasteiger partial charge on any atom is 0.193 e. The second-order valence-electron chi connectivity index (χ2n) is 5.18. The van der Waals surface area contributed by atoms with E-state index in [0.717, 1.165) is 6.54 Å². The average Bonchev–Trinajstić information content (AvgIpc) is 2.71. The summed E-state index contributed by atoms with van der Waals surface area (Å²) in [5.41, 5.74) is 5.66. The molecule has 19 heavy (non-hydrogen) atoms. The molecule has 1 unspecified atom stereocenters. The fraction of sp³-hybridized carbons (Fsp3) is 0.643. The van der Waals surface area contributed by atoms with Crippen LogP contribution < -0.4 is 11.1 Å². The zero-order valence-electron chi connectivity index (χ0n) is 12.2. The van der Waals surface area contributed by atoms with Crippen molar-refractivity contribution in [3.63, 3.8) is 0 Å². The molecule has 1 fully saturated rings. The minimum atomic E-state index is 0.273. The second kappa shape index (κ2) is 7.84. The van der Waals surface area contributed by atoms with Gasteiger partial charge in [0.25, 0.3) is 0 Å². The van der Waals surface area contributed by atoms with Gasteiger partial charge in [0.2, 0.25) is 0 Å². The van der Waals surface area contributed by atoms with E-state index in [0.29, 0.717) is 24.4 Å². The van der Waals surface area contributed by atoms with Crippen LogP contribution in [0, 0.1) is 0 Å². The standard InChI is InChI=1S/C14H26N4O/c1-11(2)17-14(15)16-8-7-12(3)19-10-13-6-5-9-18(13)4/h7-8,11,13H,3,5-6,9-10H2,1-2,4H3,(H3,15,16,17)/b8-7-. The van der Waals surface area contributed by atoms with Crippen LogP contribution in [0.4, 0.5) is 0 Å². The van der Waals surface area contributed by atoms with Crippen molar-refractivity contribution < 1.29 is 4.74 Å². The predicted octanol–water partition coefficient (Wildman–Crippen LogP) is 1.44. The van der Waals surface area contributed by atoms with Gasteiger partial charge in [-0.05, 0) is 46.4 Å². The van der Waals surface area contributed by atoms with Gasteiger partial charge in [-0.15, -0.1) is 0 Å². The summed E-state index contributed by atoms with van der Waals surface area (Å²) >= 11 is 0. The Hall–Kier alpha value is -1.49. The lowest BCUT2D eigenvalue weighted by Gasteiger charge is -2.19. The molecule has 0 aliphatic carbocycles. The maximum atomic E-state index is 5.66. The summed E-state index contributed by atoms with van der Waals surface area (Å²) in [5, 5.41) is 3.00. The predicted molar refractivity (Wildman–Crippen MR) is 79.8 cm³/mol. The van der Waals surface area contributed by atoms with Crippen LogP contribution in [0.3, 0.4) is 0 Å². The average molecular weight is 266 g/mol. The van der Waals surface area contributed by atoms with Gasteiger partial charge in [-0.1, -0.05) is 6.58 Å². The number of aliphatic imine (C=N–C) groups is 1. The molecule has 0 amide bonds. The molecule has 0 aromatic heterocycles. The Morgan fingerprint density at radius 2 is 2.37 bits per heavy atom. The molecular formula is C14H26N4O. The van der Waals surface area contributed by atoms with Crippen LogP contribution in [-0.2, 0) is 4.74 Å². The van der Waals surface area contributed by atoms with Crippen molar-refractivity contribution in [2.24, 2.45) is 10.7 Å². The minimum absolute atomic E-state index is 0.273. The van der Waals surface area contributed by atoms with E-state index in [4.69, 9.17) is 10.5 Å². The van der Waals surface area contributed by atoms with Crippen molar-refractivity contribution in [1.29, 1.82) is 0 Å². The third kappa shape index (κ3) is 6.29. The maximum absolute atomic E-state index is 5.66. The lowest BCUT2D eigenvalue weighted by Crippen LogP contribution is -2.36. The number of likely N-dealkylation sites (N-methyl/N-ethyl adjacent to an activating group) is 1. The largest absolute Gasteiger partial charge is 0.493 e. The Morgan fingerprint density at radius 1 is 1.63 bits per heavy atom. The van der Waals surface area contributed by atoms with Gasteiger partial charge in [0.1, 0.15) is 12.4 Å². The number of hydrogen-bond donors (Lipinski definition) is 2. The van der Waals surface area contributed by atoms with Crippen LogP contribution in [0.1, 0.15) is 26.7 Å². The SMILES string of the molecule is C=C(/C=C\N=C(/N)NC(C)C)OCC1CCCN1C. The molecule has 0 aromatic carbocycles. The van der Waals surface area contributed by atoms with Crippen LogP contribution in [0.2, 0.25) is 0 Å². The molecule has 1 aliphatic rings. The third-order valence-corrected chi connectivity index (χ3v) is 3.04. The Morgan fingerprint density at radius 3 is 2.95 bits per heavy atom. The molecule has 1 rings (SSSR count). The molecule has 1 saturated heterocycles. The molecule has 0 bridgehead atoms. The van der Waals surface area contributed by atoms with Crippen LogP contribution in [0.5, 0.6) is 0 Å². The third-order valence-electron chi connectivity index (χ3n) is 3.04. The zero-order valence-corrected chi connectivity index (χ0v) is 12.2. The normalized spacial score (nSPS) is 21.3. The van der Waals surface area contributed by atoms with Crippen molar-refractivity contribution in [1.82, 2.24) is 10.2 Å². The molecule has 0 spiro atoms. The summed E-state index contributed by atoms with van der Waals surface area (Å²) in [7, 11) is 2.13. The van der Waals surface area contributed by atoms with E-state index in [1.54, 1.807) is 12.3 Å². The van der Waals surface area contributed by atoms with Crippen molar-refractivity contribution in [3.8, 4) is 0 Å². The van der Waals surface area contributed by atoms with E-state index < -0.39 is 0 Å². The molecule has 0 aromatic rings. The number of rotatable bonds is 6. The molecule has 5 heteroatoms. The molecule has 1 atom stereocenters. The number of ether oxygens (including phenoxy) is 1. The Labute approximate surface area is 116 Å². The number of allylic oxidation sites excluding steroid dienone is 1. The van der Waals surface area contributed by atoms with Crippen LogP contribution >= 0.6 is 0 Å². The first-order chi connectivity index (χ1) is 8.99. The quantitative estimate of drug-likeness (QED) is 0.330. The van der Waals surface area contributed by atoms with Gasteiger partial charge in [-0.25, -0.2) is 4.99 Å². The Kier molecular flexibility index (Phi) is 6.42. The van der Waals surface area contributed by atoms with E-state index in [2.05, 4.69) is 28.8 Å². The summed E-state index contributed by atoms with van der Waals surface area (Å²) < 4.78 is 5.61. The van der Waals surface area contributed by atoms with Gasteiger partial charge in [0.05, 0.1) is 0 Å². The van der Waals surface area contributed by atoms with E-state index >= 15 is 0 Å². The van der Waals surface area contributed by atoms with Crippen LogP contribution in [0.25, 0.3) is 0 Å². The minimum Gasteiger partial charge on any atom is -0.493 e. The first-order valence-corrected chi connectivity index (χ1v) is 6.77. The molecule has 0 saturated carbocycles. The molecule has 5 nitrogen and oxygen atoms in total. The van der Waals surface area contributed by atoms with E-state index in [1.807, 2.05) is 13.8 Å². The highest BCUT2D eigenvalue weighted by Crippen LogP contribution is 2.15. The highest BCUT2D eigenvalue weighted by atomic mass is 16.5. The molecule has 3 N–H and O–H groups in total. The number of guanidine groups is 1. The molecule has 0 radical (unpaired) electrons.